The molecule has 0 amide bonds. The first-order valence-electron chi connectivity index (χ1n) is 3.86. The Morgan fingerprint density at radius 3 is 2.46 bits per heavy atom. The topological polar surface area (TPSA) is 75.1 Å². The fraction of sp³-hybridized carbons (Fsp3) is 0.375. The van der Waals surface area contributed by atoms with Crippen molar-refractivity contribution in [1.82, 2.24) is 9.97 Å². The van der Waals surface area contributed by atoms with Crippen molar-refractivity contribution in [3.63, 3.8) is 0 Å². The molecule has 2 N–H and O–H groups in total. The maximum atomic E-state index is 10.2. The monoisotopic (exact) mass is 181 g/mol. The average Bonchev–Trinajstić information content (AvgIpc) is 1.99. The predicted octanol–water partition coefficient (Wildman–Crippen LogP) is 0.590. The van der Waals surface area contributed by atoms with Crippen molar-refractivity contribution in [3.05, 3.63) is 17.5 Å². The van der Waals surface area contributed by atoms with E-state index < -0.39 is 5.97 Å². The summed E-state index contributed by atoms with van der Waals surface area (Å²) in [5.41, 5.74) is 1.64. The minimum atomic E-state index is -0.928. The van der Waals surface area contributed by atoms with Gasteiger partial charge in [-0.2, -0.15) is 0 Å². The van der Waals surface area contributed by atoms with Gasteiger partial charge in [0, 0.05) is 11.4 Å². The molecule has 0 aliphatic carbocycles. The first-order valence-corrected chi connectivity index (χ1v) is 3.86. The lowest BCUT2D eigenvalue weighted by atomic mass is 10.4. The maximum absolute atomic E-state index is 10.2. The first-order chi connectivity index (χ1) is 6.08. The Balaban J connectivity index is 2.71. The standard InChI is InChI=1S/C8H11N3O2/c1-5-3-6(2)11-8(10-5)9-4-7(12)13/h3H,4H2,1-2H3,(H,12,13)(H,9,10,11). The Labute approximate surface area is 75.8 Å². The lowest BCUT2D eigenvalue weighted by molar-refractivity contribution is -0.134. The van der Waals surface area contributed by atoms with E-state index in [0.717, 1.165) is 11.4 Å². The Bertz CT molecular complexity index is 305. The van der Waals surface area contributed by atoms with E-state index in [2.05, 4.69) is 15.3 Å². The Kier molecular flexibility index (Phi) is 2.79. The van der Waals surface area contributed by atoms with Crippen LogP contribution in [0.15, 0.2) is 6.07 Å². The molecular formula is C8H11N3O2. The fourth-order valence-corrected chi connectivity index (χ4v) is 0.960. The van der Waals surface area contributed by atoms with E-state index in [1.807, 2.05) is 19.9 Å². The third kappa shape index (κ3) is 3.06. The largest absolute Gasteiger partial charge is 0.480 e. The molecule has 0 saturated carbocycles. The molecule has 0 aromatic carbocycles. The van der Waals surface area contributed by atoms with Gasteiger partial charge < -0.3 is 10.4 Å². The van der Waals surface area contributed by atoms with Crippen LogP contribution in [0.25, 0.3) is 0 Å². The molecule has 1 aromatic rings. The molecule has 1 aromatic heterocycles. The molecule has 0 unspecified atom stereocenters. The number of hydrogen-bond acceptors (Lipinski definition) is 4. The zero-order valence-corrected chi connectivity index (χ0v) is 7.53. The van der Waals surface area contributed by atoms with Crippen LogP contribution in [0.5, 0.6) is 0 Å². The zero-order valence-electron chi connectivity index (χ0n) is 7.53. The summed E-state index contributed by atoms with van der Waals surface area (Å²) >= 11 is 0. The van der Waals surface area contributed by atoms with E-state index in [1.165, 1.54) is 0 Å². The number of anilines is 1. The highest BCUT2D eigenvalue weighted by molar-refractivity contribution is 5.71. The van der Waals surface area contributed by atoms with Crippen LogP contribution in [0.1, 0.15) is 11.4 Å². The Hall–Kier alpha value is -1.65. The number of nitrogens with zero attached hydrogens (tertiary/aromatic N) is 2. The summed E-state index contributed by atoms with van der Waals surface area (Å²) in [4.78, 5) is 18.3. The molecule has 1 rings (SSSR count). The van der Waals surface area contributed by atoms with Crippen LogP contribution in [0.2, 0.25) is 0 Å². The number of rotatable bonds is 3. The Morgan fingerprint density at radius 2 is 2.00 bits per heavy atom. The third-order valence-corrected chi connectivity index (χ3v) is 1.38. The van der Waals surface area contributed by atoms with Crippen molar-refractivity contribution in [3.8, 4) is 0 Å². The van der Waals surface area contributed by atoms with Crippen LogP contribution in [-0.2, 0) is 4.79 Å². The summed E-state index contributed by atoms with van der Waals surface area (Å²) in [6.07, 6.45) is 0. The highest BCUT2D eigenvalue weighted by Gasteiger charge is 2.00. The minimum Gasteiger partial charge on any atom is -0.480 e. The van der Waals surface area contributed by atoms with Gasteiger partial charge in [0.2, 0.25) is 5.95 Å². The summed E-state index contributed by atoms with van der Waals surface area (Å²) in [6, 6.07) is 1.83. The summed E-state index contributed by atoms with van der Waals surface area (Å²) in [6.45, 7) is 3.50. The van der Waals surface area contributed by atoms with Crippen LogP contribution < -0.4 is 5.32 Å². The molecule has 0 spiro atoms. The van der Waals surface area contributed by atoms with E-state index in [4.69, 9.17) is 5.11 Å². The second kappa shape index (κ2) is 3.84. The van der Waals surface area contributed by atoms with Gasteiger partial charge in [0.25, 0.3) is 0 Å². The van der Waals surface area contributed by atoms with E-state index in [9.17, 15) is 4.79 Å². The molecule has 0 fully saturated rings. The molecule has 0 saturated heterocycles. The van der Waals surface area contributed by atoms with Gasteiger partial charge in [-0.1, -0.05) is 0 Å². The van der Waals surface area contributed by atoms with Crippen LogP contribution in [0, 0.1) is 13.8 Å². The molecule has 5 nitrogen and oxygen atoms in total. The number of carboxylic acid groups (broad SMARTS) is 1. The van der Waals surface area contributed by atoms with Gasteiger partial charge in [-0.3, -0.25) is 4.79 Å². The fourth-order valence-electron chi connectivity index (χ4n) is 0.960. The van der Waals surface area contributed by atoms with Crippen LogP contribution in [0.4, 0.5) is 5.95 Å². The average molecular weight is 181 g/mol. The molecule has 0 aliphatic rings. The van der Waals surface area contributed by atoms with Crippen LogP contribution >= 0.6 is 0 Å². The molecule has 1 heterocycles. The van der Waals surface area contributed by atoms with Gasteiger partial charge in [0.1, 0.15) is 6.54 Å². The lowest BCUT2D eigenvalue weighted by Crippen LogP contribution is -2.14. The molecule has 0 atom stereocenters. The van der Waals surface area contributed by atoms with Gasteiger partial charge in [-0.15, -0.1) is 0 Å². The summed E-state index contributed by atoms with van der Waals surface area (Å²) < 4.78 is 0. The molecule has 13 heavy (non-hydrogen) atoms. The third-order valence-electron chi connectivity index (χ3n) is 1.38. The van der Waals surface area contributed by atoms with Gasteiger partial charge in [-0.25, -0.2) is 9.97 Å². The summed E-state index contributed by atoms with van der Waals surface area (Å²) in [7, 11) is 0. The van der Waals surface area contributed by atoms with Crippen molar-refractivity contribution in [2.45, 2.75) is 13.8 Å². The second-order valence-corrected chi connectivity index (χ2v) is 2.72. The van der Waals surface area contributed by atoms with Gasteiger partial charge in [-0.05, 0) is 19.9 Å². The number of carboxylic acids is 1. The Morgan fingerprint density at radius 1 is 1.46 bits per heavy atom. The summed E-state index contributed by atoms with van der Waals surface area (Å²) in [5, 5.41) is 11.0. The van der Waals surface area contributed by atoms with Crippen molar-refractivity contribution < 1.29 is 9.90 Å². The second-order valence-electron chi connectivity index (χ2n) is 2.72. The van der Waals surface area contributed by atoms with Gasteiger partial charge in [0.05, 0.1) is 0 Å². The zero-order chi connectivity index (χ0) is 9.84. The number of aryl methyl sites for hydroxylation is 2. The minimum absolute atomic E-state index is 0.164. The molecule has 5 heteroatoms. The van der Waals surface area contributed by atoms with E-state index in [1.54, 1.807) is 0 Å². The normalized spacial score (nSPS) is 9.69. The van der Waals surface area contributed by atoms with Crippen LogP contribution in [-0.4, -0.2) is 27.6 Å². The SMILES string of the molecule is Cc1cc(C)nc(NCC(=O)O)n1. The molecule has 70 valence electrons. The number of carbonyl (C=O) groups is 1. The summed E-state index contributed by atoms with van der Waals surface area (Å²) in [5.74, 6) is -0.567. The van der Waals surface area contributed by atoms with Crippen LogP contribution in [0.3, 0.4) is 0 Å². The van der Waals surface area contributed by atoms with Crippen molar-refractivity contribution >= 4 is 11.9 Å². The van der Waals surface area contributed by atoms with E-state index in [-0.39, 0.29) is 6.54 Å². The van der Waals surface area contributed by atoms with E-state index >= 15 is 0 Å². The first kappa shape index (κ1) is 9.44. The highest BCUT2D eigenvalue weighted by Crippen LogP contribution is 2.02. The smallest absolute Gasteiger partial charge is 0.322 e. The molecular weight excluding hydrogens is 170 g/mol. The number of aliphatic carboxylic acids is 1. The molecule has 0 radical (unpaired) electrons. The molecule has 0 bridgehead atoms. The number of aromatic nitrogens is 2. The van der Waals surface area contributed by atoms with E-state index in [0.29, 0.717) is 5.95 Å². The number of hydrogen-bond donors (Lipinski definition) is 2. The lowest BCUT2D eigenvalue weighted by Gasteiger charge is -2.03. The maximum Gasteiger partial charge on any atom is 0.322 e. The van der Waals surface area contributed by atoms with Gasteiger partial charge in [0.15, 0.2) is 0 Å². The van der Waals surface area contributed by atoms with Crippen molar-refractivity contribution in [1.29, 1.82) is 0 Å². The number of nitrogens with one attached hydrogen (secondary N) is 1. The van der Waals surface area contributed by atoms with Crippen molar-refractivity contribution in [2.75, 3.05) is 11.9 Å². The highest BCUT2D eigenvalue weighted by atomic mass is 16.4. The van der Waals surface area contributed by atoms with Crippen molar-refractivity contribution in [2.24, 2.45) is 0 Å². The quantitative estimate of drug-likeness (QED) is 0.713. The van der Waals surface area contributed by atoms with Gasteiger partial charge >= 0.3 is 5.97 Å². The molecule has 0 aliphatic heterocycles. The predicted molar refractivity (Wildman–Crippen MR) is 47.6 cm³/mol.